The van der Waals surface area contributed by atoms with E-state index in [-0.39, 0.29) is 0 Å². The number of aromatic nitrogens is 3. The van der Waals surface area contributed by atoms with Gasteiger partial charge in [-0.1, -0.05) is 5.21 Å². The molecule has 0 fully saturated rings. The average Bonchev–Trinajstić information content (AvgIpc) is 2.94. The van der Waals surface area contributed by atoms with Crippen LogP contribution in [0.2, 0.25) is 0 Å². The molecule has 5 nitrogen and oxygen atoms in total. The summed E-state index contributed by atoms with van der Waals surface area (Å²) in [6.07, 6.45) is -7.67. The van der Waals surface area contributed by atoms with Gasteiger partial charge in [0.05, 0.1) is 17.1 Å². The molecule has 23 heavy (non-hydrogen) atoms. The van der Waals surface area contributed by atoms with E-state index in [4.69, 9.17) is 0 Å². The fourth-order valence-electron chi connectivity index (χ4n) is 1.96. The Bertz CT molecular complexity index is 795. The van der Waals surface area contributed by atoms with Crippen molar-refractivity contribution in [2.24, 2.45) is 7.05 Å². The SMILES string of the molecule is Cn1nnc(CS(=O)(=O)Cc2cscc2C(F)(F)F)c1C(F)F. The Morgan fingerprint density at radius 3 is 2.48 bits per heavy atom. The first-order valence-electron chi connectivity index (χ1n) is 6.00. The van der Waals surface area contributed by atoms with Gasteiger partial charge in [-0.15, -0.1) is 5.10 Å². The lowest BCUT2D eigenvalue weighted by Gasteiger charge is -2.09. The Hall–Kier alpha value is -1.56. The summed E-state index contributed by atoms with van der Waals surface area (Å²) in [5, 5.41) is 8.55. The number of halogens is 5. The van der Waals surface area contributed by atoms with Crippen LogP contribution in [-0.2, 0) is 34.6 Å². The lowest BCUT2D eigenvalue weighted by atomic mass is 10.2. The number of hydrogen-bond donors (Lipinski definition) is 0. The molecule has 0 aliphatic heterocycles. The Morgan fingerprint density at radius 1 is 1.26 bits per heavy atom. The molecule has 0 atom stereocenters. The third-order valence-corrected chi connectivity index (χ3v) is 5.19. The smallest absolute Gasteiger partial charge is 0.246 e. The molecule has 0 aliphatic rings. The van der Waals surface area contributed by atoms with E-state index >= 15 is 0 Å². The molecule has 0 unspecified atom stereocenters. The van der Waals surface area contributed by atoms with Gasteiger partial charge in [0.2, 0.25) is 0 Å². The predicted octanol–water partition coefficient (Wildman–Crippen LogP) is 2.95. The van der Waals surface area contributed by atoms with Crippen molar-refractivity contribution in [2.75, 3.05) is 0 Å². The number of aryl methyl sites for hydroxylation is 1. The highest BCUT2D eigenvalue weighted by Gasteiger charge is 2.35. The van der Waals surface area contributed by atoms with Crippen LogP contribution in [0.15, 0.2) is 10.8 Å². The molecule has 2 heterocycles. The van der Waals surface area contributed by atoms with Crippen molar-refractivity contribution in [3.63, 3.8) is 0 Å². The standard InChI is InChI=1S/C11H10F5N3O2S2/c1-19-9(10(12)13)8(17-18-19)5-23(20,21)4-6-2-22-3-7(6)11(14,15)16/h2-3,10H,4-5H2,1H3. The molecular formula is C11H10F5N3O2S2. The molecule has 2 aromatic heterocycles. The summed E-state index contributed by atoms with van der Waals surface area (Å²) in [6.45, 7) is 0. The van der Waals surface area contributed by atoms with Crippen LogP contribution in [0.25, 0.3) is 0 Å². The van der Waals surface area contributed by atoms with Crippen LogP contribution >= 0.6 is 11.3 Å². The van der Waals surface area contributed by atoms with Gasteiger partial charge < -0.3 is 0 Å². The molecule has 0 radical (unpaired) electrons. The minimum Gasteiger partial charge on any atom is -0.246 e. The summed E-state index contributed by atoms with van der Waals surface area (Å²) in [6, 6.07) is 0. The predicted molar refractivity (Wildman–Crippen MR) is 71.6 cm³/mol. The second-order valence-electron chi connectivity index (χ2n) is 4.69. The van der Waals surface area contributed by atoms with Gasteiger partial charge in [-0.25, -0.2) is 21.9 Å². The molecule has 0 bridgehead atoms. The van der Waals surface area contributed by atoms with E-state index < -0.39 is 56.5 Å². The van der Waals surface area contributed by atoms with Crippen LogP contribution in [0.3, 0.4) is 0 Å². The highest BCUT2D eigenvalue weighted by Crippen LogP contribution is 2.35. The summed E-state index contributed by atoms with van der Waals surface area (Å²) in [4.78, 5) is 0. The van der Waals surface area contributed by atoms with E-state index in [1.54, 1.807) is 0 Å². The second-order valence-corrected chi connectivity index (χ2v) is 7.49. The van der Waals surface area contributed by atoms with Crippen molar-refractivity contribution < 1.29 is 30.4 Å². The van der Waals surface area contributed by atoms with Crippen molar-refractivity contribution >= 4 is 21.2 Å². The number of hydrogen-bond acceptors (Lipinski definition) is 5. The Kier molecular flexibility index (Phi) is 4.76. The van der Waals surface area contributed by atoms with Gasteiger partial charge in [-0.2, -0.15) is 24.5 Å². The minimum atomic E-state index is -4.68. The normalized spacial score (nSPS) is 13.0. The lowest BCUT2D eigenvalue weighted by molar-refractivity contribution is -0.137. The van der Waals surface area contributed by atoms with Gasteiger partial charge in [-0.05, 0) is 10.9 Å². The first kappa shape index (κ1) is 17.8. The van der Waals surface area contributed by atoms with Gasteiger partial charge in [0.15, 0.2) is 9.84 Å². The van der Waals surface area contributed by atoms with Crippen molar-refractivity contribution in [1.82, 2.24) is 15.0 Å². The summed E-state index contributed by atoms with van der Waals surface area (Å²) in [5.74, 6) is -1.82. The fraction of sp³-hybridized carbons (Fsp3) is 0.455. The quantitative estimate of drug-likeness (QED) is 0.754. The first-order chi connectivity index (χ1) is 10.5. The number of rotatable bonds is 5. The number of thiophene rings is 1. The van der Waals surface area contributed by atoms with Crippen LogP contribution < -0.4 is 0 Å². The van der Waals surface area contributed by atoms with Gasteiger partial charge in [-0.3, -0.25) is 0 Å². The minimum absolute atomic E-state index is 0.412. The highest BCUT2D eigenvalue weighted by atomic mass is 32.2. The van der Waals surface area contributed by atoms with Gasteiger partial charge in [0.1, 0.15) is 11.4 Å². The summed E-state index contributed by atoms with van der Waals surface area (Å²) < 4.78 is 88.8. The van der Waals surface area contributed by atoms with Gasteiger partial charge >= 0.3 is 6.18 Å². The molecule has 0 spiro atoms. The van der Waals surface area contributed by atoms with E-state index in [1.807, 2.05) is 0 Å². The molecule has 0 aliphatic carbocycles. The van der Waals surface area contributed by atoms with Gasteiger partial charge in [0, 0.05) is 12.4 Å². The van der Waals surface area contributed by atoms with Crippen molar-refractivity contribution in [2.45, 2.75) is 24.1 Å². The Labute approximate surface area is 131 Å². The molecule has 0 aromatic carbocycles. The summed E-state index contributed by atoms with van der Waals surface area (Å²) in [5.41, 5.74) is -2.59. The van der Waals surface area contributed by atoms with Crippen LogP contribution in [0, 0.1) is 0 Å². The zero-order valence-corrected chi connectivity index (χ0v) is 13.1. The molecule has 0 amide bonds. The fourth-order valence-corrected chi connectivity index (χ4v) is 4.36. The van der Waals surface area contributed by atoms with Crippen LogP contribution in [0.5, 0.6) is 0 Å². The maximum atomic E-state index is 12.9. The van der Waals surface area contributed by atoms with Crippen molar-refractivity contribution in [3.05, 3.63) is 33.3 Å². The van der Waals surface area contributed by atoms with Crippen LogP contribution in [0.4, 0.5) is 22.0 Å². The molecule has 2 aromatic rings. The molecule has 0 N–H and O–H groups in total. The maximum Gasteiger partial charge on any atom is 0.417 e. The monoisotopic (exact) mass is 375 g/mol. The van der Waals surface area contributed by atoms with Crippen molar-refractivity contribution in [3.8, 4) is 0 Å². The Morgan fingerprint density at radius 2 is 1.91 bits per heavy atom. The van der Waals surface area contributed by atoms with Gasteiger partial charge in [0.25, 0.3) is 6.43 Å². The van der Waals surface area contributed by atoms with E-state index in [9.17, 15) is 30.4 Å². The molecule has 2 rings (SSSR count). The molecule has 0 saturated carbocycles. The average molecular weight is 375 g/mol. The molecule has 12 heteroatoms. The zero-order valence-electron chi connectivity index (χ0n) is 11.5. The Balaban J connectivity index is 2.27. The lowest BCUT2D eigenvalue weighted by Crippen LogP contribution is -2.13. The first-order valence-corrected chi connectivity index (χ1v) is 8.77. The molecule has 128 valence electrons. The topological polar surface area (TPSA) is 64.8 Å². The van der Waals surface area contributed by atoms with Crippen molar-refractivity contribution in [1.29, 1.82) is 0 Å². The van der Waals surface area contributed by atoms with E-state index in [1.165, 1.54) is 7.05 Å². The van der Waals surface area contributed by atoms with E-state index in [0.29, 0.717) is 11.3 Å². The maximum absolute atomic E-state index is 12.9. The van der Waals surface area contributed by atoms with E-state index in [0.717, 1.165) is 15.4 Å². The summed E-state index contributed by atoms with van der Waals surface area (Å²) in [7, 11) is -2.95. The molecular weight excluding hydrogens is 365 g/mol. The number of alkyl halides is 5. The van der Waals surface area contributed by atoms with Crippen LogP contribution in [0.1, 0.15) is 28.9 Å². The van der Waals surface area contributed by atoms with E-state index in [2.05, 4.69) is 10.3 Å². The number of sulfone groups is 1. The zero-order chi connectivity index (χ0) is 17.4. The largest absolute Gasteiger partial charge is 0.417 e. The second kappa shape index (κ2) is 6.15. The third kappa shape index (κ3) is 4.05. The highest BCUT2D eigenvalue weighted by molar-refractivity contribution is 7.89. The molecule has 0 saturated heterocycles. The number of nitrogens with zero attached hydrogens (tertiary/aromatic N) is 3. The third-order valence-electron chi connectivity index (χ3n) is 2.93. The van der Waals surface area contributed by atoms with Crippen LogP contribution in [-0.4, -0.2) is 23.4 Å². The summed E-state index contributed by atoms with van der Waals surface area (Å²) >= 11 is 0.716.